The Morgan fingerprint density at radius 2 is 2.23 bits per heavy atom. The zero-order valence-electron chi connectivity index (χ0n) is 8.25. The van der Waals surface area contributed by atoms with E-state index in [2.05, 4.69) is 12.2 Å². The Labute approximate surface area is 79.5 Å². The summed E-state index contributed by atoms with van der Waals surface area (Å²) in [7, 11) is 0. The van der Waals surface area contributed by atoms with Crippen LogP contribution in [0.1, 0.15) is 19.8 Å². The lowest BCUT2D eigenvalue weighted by Crippen LogP contribution is -2.48. The first-order chi connectivity index (χ1) is 6.20. The van der Waals surface area contributed by atoms with Crippen molar-refractivity contribution in [2.24, 2.45) is 11.3 Å². The van der Waals surface area contributed by atoms with Gasteiger partial charge in [0.05, 0.1) is 19.3 Å². The normalized spacial score (nSPS) is 28.2. The summed E-state index contributed by atoms with van der Waals surface area (Å²) >= 11 is 0. The smallest absolute Gasteiger partial charge is 0.0692 e. The van der Waals surface area contributed by atoms with Gasteiger partial charge in [0, 0.05) is 18.5 Å². The summed E-state index contributed by atoms with van der Waals surface area (Å²) in [5.74, 6) is 0.581. The zero-order chi connectivity index (χ0) is 9.31. The molecule has 0 aromatic heterocycles. The molecule has 13 heavy (non-hydrogen) atoms. The van der Waals surface area contributed by atoms with Crippen molar-refractivity contribution in [1.82, 2.24) is 5.32 Å². The van der Waals surface area contributed by atoms with Gasteiger partial charge in [0.1, 0.15) is 0 Å². The monoisotopic (exact) mass is 185 g/mol. The molecule has 0 aromatic rings. The van der Waals surface area contributed by atoms with Crippen LogP contribution < -0.4 is 5.32 Å². The maximum absolute atomic E-state index is 9.58. The first-order valence-electron chi connectivity index (χ1n) is 5.16. The summed E-state index contributed by atoms with van der Waals surface area (Å²) in [6, 6.07) is 0. The molecule has 1 unspecified atom stereocenters. The molecule has 0 amide bonds. The van der Waals surface area contributed by atoms with Crippen LogP contribution in [0.5, 0.6) is 0 Å². The number of rotatable bonds is 5. The Kier molecular flexibility index (Phi) is 2.58. The average Bonchev–Trinajstić information content (AvgIpc) is 2.83. The van der Waals surface area contributed by atoms with Crippen LogP contribution in [-0.4, -0.2) is 37.5 Å². The predicted molar refractivity (Wildman–Crippen MR) is 50.5 cm³/mol. The highest BCUT2D eigenvalue weighted by atomic mass is 16.5. The van der Waals surface area contributed by atoms with Crippen LogP contribution in [0, 0.1) is 11.3 Å². The van der Waals surface area contributed by atoms with Crippen molar-refractivity contribution in [2.75, 3.05) is 26.3 Å². The fraction of sp³-hybridized carbons (Fsp3) is 1.00. The van der Waals surface area contributed by atoms with E-state index in [1.807, 2.05) is 0 Å². The van der Waals surface area contributed by atoms with Gasteiger partial charge >= 0.3 is 0 Å². The van der Waals surface area contributed by atoms with Crippen molar-refractivity contribution in [3.8, 4) is 0 Å². The number of ether oxygens (including phenoxy) is 1. The SMILES string of the molecule is CC1(CNCC(O)C2CC2)COC1. The van der Waals surface area contributed by atoms with Crippen LogP contribution in [0.4, 0.5) is 0 Å². The van der Waals surface area contributed by atoms with E-state index < -0.39 is 0 Å². The van der Waals surface area contributed by atoms with Gasteiger partial charge in [-0.3, -0.25) is 0 Å². The molecule has 1 heterocycles. The molecular weight excluding hydrogens is 166 g/mol. The van der Waals surface area contributed by atoms with E-state index >= 15 is 0 Å². The van der Waals surface area contributed by atoms with Crippen LogP contribution in [0.15, 0.2) is 0 Å². The van der Waals surface area contributed by atoms with Gasteiger partial charge in [-0.2, -0.15) is 0 Å². The molecule has 2 fully saturated rings. The molecule has 76 valence electrons. The molecule has 2 rings (SSSR count). The lowest BCUT2D eigenvalue weighted by molar-refractivity contribution is -0.0997. The summed E-state index contributed by atoms with van der Waals surface area (Å²) in [4.78, 5) is 0. The fourth-order valence-corrected chi connectivity index (χ4v) is 1.72. The molecule has 1 aliphatic carbocycles. The topological polar surface area (TPSA) is 41.5 Å². The van der Waals surface area contributed by atoms with Gasteiger partial charge in [-0.1, -0.05) is 6.92 Å². The Morgan fingerprint density at radius 3 is 2.69 bits per heavy atom. The van der Waals surface area contributed by atoms with Gasteiger partial charge in [-0.05, 0) is 18.8 Å². The third kappa shape index (κ3) is 2.42. The summed E-state index contributed by atoms with van der Waals surface area (Å²) < 4.78 is 5.15. The lowest BCUT2D eigenvalue weighted by Gasteiger charge is -2.38. The molecule has 0 aromatic carbocycles. The second-order valence-corrected chi connectivity index (χ2v) is 4.84. The van der Waals surface area contributed by atoms with Crippen LogP contribution in [0.3, 0.4) is 0 Å². The largest absolute Gasteiger partial charge is 0.392 e. The molecule has 2 N–H and O–H groups in total. The van der Waals surface area contributed by atoms with Crippen molar-refractivity contribution in [3.63, 3.8) is 0 Å². The zero-order valence-corrected chi connectivity index (χ0v) is 8.25. The highest BCUT2D eigenvalue weighted by Crippen LogP contribution is 2.32. The van der Waals surface area contributed by atoms with Gasteiger partial charge in [-0.15, -0.1) is 0 Å². The van der Waals surface area contributed by atoms with Gasteiger partial charge in [0.2, 0.25) is 0 Å². The van der Waals surface area contributed by atoms with E-state index in [1.54, 1.807) is 0 Å². The predicted octanol–water partition coefficient (Wildman–Crippen LogP) is 0.383. The molecule has 1 aliphatic heterocycles. The number of nitrogens with one attached hydrogen (secondary N) is 1. The molecule has 1 saturated carbocycles. The highest BCUT2D eigenvalue weighted by Gasteiger charge is 2.34. The van der Waals surface area contributed by atoms with E-state index in [0.29, 0.717) is 11.3 Å². The van der Waals surface area contributed by atoms with E-state index in [1.165, 1.54) is 12.8 Å². The third-order valence-electron chi connectivity index (χ3n) is 2.97. The maximum Gasteiger partial charge on any atom is 0.0692 e. The van der Waals surface area contributed by atoms with E-state index in [9.17, 15) is 5.11 Å². The fourth-order valence-electron chi connectivity index (χ4n) is 1.72. The van der Waals surface area contributed by atoms with Crippen LogP contribution in [0.2, 0.25) is 0 Å². The van der Waals surface area contributed by atoms with Gasteiger partial charge < -0.3 is 15.2 Å². The average molecular weight is 185 g/mol. The first-order valence-corrected chi connectivity index (χ1v) is 5.16. The maximum atomic E-state index is 9.58. The van der Waals surface area contributed by atoms with Crippen LogP contribution >= 0.6 is 0 Å². The first kappa shape index (κ1) is 9.44. The molecule has 0 bridgehead atoms. The van der Waals surface area contributed by atoms with Gasteiger partial charge in [0.25, 0.3) is 0 Å². The van der Waals surface area contributed by atoms with Gasteiger partial charge in [0.15, 0.2) is 0 Å². The second-order valence-electron chi connectivity index (χ2n) is 4.84. The minimum atomic E-state index is -0.121. The molecule has 3 nitrogen and oxygen atoms in total. The minimum Gasteiger partial charge on any atom is -0.392 e. The van der Waals surface area contributed by atoms with Gasteiger partial charge in [-0.25, -0.2) is 0 Å². The van der Waals surface area contributed by atoms with Crippen molar-refractivity contribution < 1.29 is 9.84 Å². The number of aliphatic hydroxyl groups excluding tert-OH is 1. The quantitative estimate of drug-likeness (QED) is 0.651. The lowest BCUT2D eigenvalue weighted by atomic mass is 9.89. The summed E-state index contributed by atoms with van der Waals surface area (Å²) in [5, 5.41) is 12.9. The molecule has 1 atom stereocenters. The number of hydrogen-bond donors (Lipinski definition) is 2. The Morgan fingerprint density at radius 1 is 1.54 bits per heavy atom. The second kappa shape index (κ2) is 3.56. The standard InChI is InChI=1S/C10H19NO2/c1-10(6-13-7-10)5-11-4-9(12)8-2-3-8/h8-9,11-12H,2-7H2,1H3. The van der Waals surface area contributed by atoms with Crippen molar-refractivity contribution in [1.29, 1.82) is 0 Å². The van der Waals surface area contributed by atoms with E-state index in [0.717, 1.165) is 26.3 Å². The van der Waals surface area contributed by atoms with Crippen LogP contribution in [-0.2, 0) is 4.74 Å². The highest BCUT2D eigenvalue weighted by molar-refractivity contribution is 4.86. The summed E-state index contributed by atoms with van der Waals surface area (Å²) in [6.45, 7) is 5.66. The summed E-state index contributed by atoms with van der Waals surface area (Å²) in [5.41, 5.74) is 0.323. The molecule has 2 aliphatic rings. The van der Waals surface area contributed by atoms with E-state index in [4.69, 9.17) is 4.74 Å². The molecular formula is C10H19NO2. The summed E-state index contributed by atoms with van der Waals surface area (Å²) in [6.07, 6.45) is 2.30. The number of aliphatic hydroxyl groups is 1. The van der Waals surface area contributed by atoms with Crippen molar-refractivity contribution in [2.45, 2.75) is 25.9 Å². The van der Waals surface area contributed by atoms with Crippen LogP contribution in [0.25, 0.3) is 0 Å². The van der Waals surface area contributed by atoms with Crippen molar-refractivity contribution in [3.05, 3.63) is 0 Å². The Balaban J connectivity index is 1.57. The Bertz CT molecular complexity index is 176. The Hall–Kier alpha value is -0.120. The molecule has 0 radical (unpaired) electrons. The van der Waals surface area contributed by atoms with Crippen molar-refractivity contribution >= 4 is 0 Å². The molecule has 1 saturated heterocycles. The molecule has 3 heteroatoms. The number of hydrogen-bond acceptors (Lipinski definition) is 3. The van der Waals surface area contributed by atoms with E-state index in [-0.39, 0.29) is 6.10 Å². The third-order valence-corrected chi connectivity index (χ3v) is 2.97. The molecule has 0 spiro atoms. The minimum absolute atomic E-state index is 0.121.